The van der Waals surface area contributed by atoms with Crippen molar-refractivity contribution in [3.63, 3.8) is 0 Å². The predicted octanol–water partition coefficient (Wildman–Crippen LogP) is 3.07. The zero-order chi connectivity index (χ0) is 13.7. The molecule has 108 valence electrons. The van der Waals surface area contributed by atoms with Crippen LogP contribution in [0.4, 0.5) is 0 Å². The Bertz CT molecular complexity index is 310. The first-order valence-corrected chi connectivity index (χ1v) is 8.01. The fraction of sp³-hybridized carbons (Fsp3) is 0.938. The first-order valence-electron chi connectivity index (χ1n) is 8.01. The van der Waals surface area contributed by atoms with E-state index < -0.39 is 0 Å². The van der Waals surface area contributed by atoms with Gasteiger partial charge in [0.25, 0.3) is 0 Å². The third kappa shape index (κ3) is 3.70. The fourth-order valence-corrected chi connectivity index (χ4v) is 3.99. The minimum atomic E-state index is 0.222. The molecule has 0 spiro atoms. The predicted molar refractivity (Wildman–Crippen MR) is 78.9 cm³/mol. The van der Waals surface area contributed by atoms with Crippen LogP contribution in [0.25, 0.3) is 0 Å². The van der Waals surface area contributed by atoms with Gasteiger partial charge in [-0.15, -0.1) is 0 Å². The first-order chi connectivity index (χ1) is 9.15. The van der Waals surface area contributed by atoms with E-state index in [1.807, 2.05) is 0 Å². The van der Waals surface area contributed by atoms with Crippen LogP contribution in [0.3, 0.4) is 0 Å². The molecule has 2 rings (SSSR count). The summed E-state index contributed by atoms with van der Waals surface area (Å²) in [5.74, 6) is 0. The van der Waals surface area contributed by atoms with Gasteiger partial charge in [-0.25, -0.2) is 0 Å². The highest BCUT2D eigenvalue weighted by atomic mass is 15.3. The molecule has 1 heterocycles. The van der Waals surface area contributed by atoms with Gasteiger partial charge >= 0.3 is 0 Å². The lowest BCUT2D eigenvalue weighted by Gasteiger charge is -2.46. The van der Waals surface area contributed by atoms with Crippen LogP contribution < -0.4 is 5.32 Å². The van der Waals surface area contributed by atoms with Gasteiger partial charge in [-0.1, -0.05) is 25.7 Å². The van der Waals surface area contributed by atoms with Gasteiger partial charge in [0.1, 0.15) is 0 Å². The molecule has 0 aromatic carbocycles. The van der Waals surface area contributed by atoms with Crippen molar-refractivity contribution in [2.75, 3.05) is 13.1 Å². The highest BCUT2D eigenvalue weighted by Gasteiger charge is 2.38. The lowest BCUT2D eigenvalue weighted by Crippen LogP contribution is -2.55. The SMILES string of the molecule is CC1(C)CCNCC(CC#N)N1C1CCCCCC1. The van der Waals surface area contributed by atoms with Gasteiger partial charge in [0.05, 0.1) is 12.5 Å². The van der Waals surface area contributed by atoms with Crippen LogP contribution in [-0.4, -0.2) is 35.6 Å². The molecule has 1 unspecified atom stereocenters. The number of nitriles is 1. The Morgan fingerprint density at radius 3 is 2.53 bits per heavy atom. The highest BCUT2D eigenvalue weighted by Crippen LogP contribution is 2.33. The van der Waals surface area contributed by atoms with Gasteiger partial charge in [-0.3, -0.25) is 4.90 Å². The second-order valence-corrected chi connectivity index (χ2v) is 6.84. The summed E-state index contributed by atoms with van der Waals surface area (Å²) in [4.78, 5) is 2.71. The number of hydrogen-bond donors (Lipinski definition) is 1. The van der Waals surface area contributed by atoms with Crippen molar-refractivity contribution >= 4 is 0 Å². The quantitative estimate of drug-likeness (QED) is 0.778. The lowest BCUT2D eigenvalue weighted by atomic mass is 9.91. The summed E-state index contributed by atoms with van der Waals surface area (Å²) in [7, 11) is 0. The van der Waals surface area contributed by atoms with Crippen LogP contribution in [0.5, 0.6) is 0 Å². The van der Waals surface area contributed by atoms with E-state index in [9.17, 15) is 0 Å². The molecule has 0 aromatic rings. The van der Waals surface area contributed by atoms with Crippen LogP contribution in [-0.2, 0) is 0 Å². The van der Waals surface area contributed by atoms with E-state index in [2.05, 4.69) is 30.1 Å². The number of rotatable bonds is 2. The van der Waals surface area contributed by atoms with Gasteiger partial charge in [0.15, 0.2) is 0 Å². The summed E-state index contributed by atoms with van der Waals surface area (Å²) in [6.45, 7) is 6.80. The van der Waals surface area contributed by atoms with Gasteiger partial charge < -0.3 is 5.32 Å². The Kier molecular flexibility index (Phi) is 5.24. The van der Waals surface area contributed by atoms with Gasteiger partial charge in [0.2, 0.25) is 0 Å². The Morgan fingerprint density at radius 2 is 1.89 bits per heavy atom. The monoisotopic (exact) mass is 263 g/mol. The molecular formula is C16H29N3. The van der Waals surface area contributed by atoms with Crippen LogP contribution in [0.15, 0.2) is 0 Å². The van der Waals surface area contributed by atoms with Crippen LogP contribution in [0.1, 0.15) is 65.2 Å². The molecule has 0 bridgehead atoms. The molecule has 0 aromatic heterocycles. The summed E-state index contributed by atoms with van der Waals surface area (Å²) in [5, 5.41) is 12.7. The van der Waals surface area contributed by atoms with Crippen molar-refractivity contribution < 1.29 is 0 Å². The standard InChI is InChI=1S/C16H29N3/c1-16(2)10-12-18-13-15(9-11-17)19(16)14-7-5-3-4-6-8-14/h14-15,18H,3-10,12-13H2,1-2H3. The molecule has 1 aliphatic carbocycles. The molecule has 2 aliphatic rings. The summed E-state index contributed by atoms with van der Waals surface area (Å²) in [5.41, 5.74) is 0.222. The molecule has 2 fully saturated rings. The van der Waals surface area contributed by atoms with Crippen molar-refractivity contribution in [2.45, 2.75) is 82.8 Å². The molecule has 0 amide bonds. The third-order valence-corrected chi connectivity index (χ3v) is 4.93. The maximum atomic E-state index is 9.15. The summed E-state index contributed by atoms with van der Waals surface area (Å²) in [6.07, 6.45) is 10.0. The highest BCUT2D eigenvalue weighted by molar-refractivity contribution is 4.98. The van der Waals surface area contributed by atoms with E-state index in [4.69, 9.17) is 5.26 Å². The largest absolute Gasteiger partial charge is 0.315 e. The molecule has 3 heteroatoms. The number of hydrogen-bond acceptors (Lipinski definition) is 3. The van der Waals surface area contributed by atoms with Gasteiger partial charge in [0, 0.05) is 24.2 Å². The second-order valence-electron chi connectivity index (χ2n) is 6.84. The Morgan fingerprint density at radius 1 is 1.21 bits per heavy atom. The maximum Gasteiger partial charge on any atom is 0.0638 e. The van der Waals surface area contributed by atoms with Gasteiger partial charge in [-0.2, -0.15) is 5.26 Å². The minimum absolute atomic E-state index is 0.222. The molecule has 1 saturated heterocycles. The van der Waals surface area contributed by atoms with Crippen molar-refractivity contribution in [1.29, 1.82) is 5.26 Å². The molecule has 1 saturated carbocycles. The smallest absolute Gasteiger partial charge is 0.0638 e. The molecule has 1 atom stereocenters. The summed E-state index contributed by atoms with van der Waals surface area (Å²) >= 11 is 0. The van der Waals surface area contributed by atoms with E-state index in [0.29, 0.717) is 18.5 Å². The Balaban J connectivity index is 2.18. The fourth-order valence-electron chi connectivity index (χ4n) is 3.99. The van der Waals surface area contributed by atoms with Crippen molar-refractivity contribution in [1.82, 2.24) is 10.2 Å². The zero-order valence-electron chi connectivity index (χ0n) is 12.6. The molecule has 19 heavy (non-hydrogen) atoms. The third-order valence-electron chi connectivity index (χ3n) is 4.93. The molecule has 0 radical (unpaired) electrons. The van der Waals surface area contributed by atoms with E-state index >= 15 is 0 Å². The molecular weight excluding hydrogens is 234 g/mol. The number of nitrogens with one attached hydrogen (secondary N) is 1. The first kappa shape index (κ1) is 14.8. The topological polar surface area (TPSA) is 39.1 Å². The average Bonchev–Trinajstić information content (AvgIpc) is 2.69. The van der Waals surface area contributed by atoms with Crippen LogP contribution in [0, 0.1) is 11.3 Å². The van der Waals surface area contributed by atoms with Crippen molar-refractivity contribution in [3.8, 4) is 6.07 Å². The van der Waals surface area contributed by atoms with Crippen molar-refractivity contribution in [2.24, 2.45) is 0 Å². The molecule has 1 aliphatic heterocycles. The second kappa shape index (κ2) is 6.72. The van der Waals surface area contributed by atoms with E-state index in [1.165, 1.54) is 44.9 Å². The average molecular weight is 263 g/mol. The maximum absolute atomic E-state index is 9.15. The van der Waals surface area contributed by atoms with E-state index in [0.717, 1.165) is 13.1 Å². The summed E-state index contributed by atoms with van der Waals surface area (Å²) in [6, 6.07) is 3.49. The van der Waals surface area contributed by atoms with Crippen molar-refractivity contribution in [3.05, 3.63) is 0 Å². The molecule has 1 N–H and O–H groups in total. The summed E-state index contributed by atoms with van der Waals surface area (Å²) < 4.78 is 0. The van der Waals surface area contributed by atoms with Crippen LogP contribution >= 0.6 is 0 Å². The Labute approximate surface area is 118 Å². The normalized spacial score (nSPS) is 30.3. The molecule has 3 nitrogen and oxygen atoms in total. The lowest BCUT2D eigenvalue weighted by molar-refractivity contribution is 0.0248. The zero-order valence-corrected chi connectivity index (χ0v) is 12.6. The van der Waals surface area contributed by atoms with E-state index in [1.54, 1.807) is 0 Å². The number of nitrogens with zero attached hydrogens (tertiary/aromatic N) is 2. The van der Waals surface area contributed by atoms with E-state index in [-0.39, 0.29) is 5.54 Å². The Hall–Kier alpha value is -0.590. The van der Waals surface area contributed by atoms with Gasteiger partial charge in [-0.05, 0) is 39.7 Å². The van der Waals surface area contributed by atoms with Crippen LogP contribution in [0.2, 0.25) is 0 Å². The minimum Gasteiger partial charge on any atom is -0.315 e.